The van der Waals surface area contributed by atoms with Crippen LogP contribution in [0.3, 0.4) is 0 Å². The highest BCUT2D eigenvalue weighted by Crippen LogP contribution is 2.22. The van der Waals surface area contributed by atoms with E-state index in [1.54, 1.807) is 18.3 Å². The Morgan fingerprint density at radius 3 is 2.59 bits per heavy atom. The Kier molecular flexibility index (Phi) is 6.58. The van der Waals surface area contributed by atoms with E-state index in [1.807, 2.05) is 34.7 Å². The molecule has 7 heteroatoms. The number of hydrogen-bond donors (Lipinski definition) is 0. The van der Waals surface area contributed by atoms with Crippen LogP contribution in [-0.2, 0) is 17.9 Å². The van der Waals surface area contributed by atoms with Gasteiger partial charge in [0.15, 0.2) is 0 Å². The molecule has 0 bridgehead atoms. The fourth-order valence-electron chi connectivity index (χ4n) is 3.23. The number of halogens is 2. The van der Waals surface area contributed by atoms with Gasteiger partial charge in [0.2, 0.25) is 5.91 Å². The van der Waals surface area contributed by atoms with Gasteiger partial charge in [-0.3, -0.25) is 14.4 Å². The monoisotopic (exact) mass is 406 g/mol. The zero-order chi connectivity index (χ0) is 19.4. The maximum atomic E-state index is 12.5. The van der Waals surface area contributed by atoms with Gasteiger partial charge in [0.25, 0.3) is 0 Å². The first-order valence-electron chi connectivity index (χ1n) is 9.13. The quantitative estimate of drug-likeness (QED) is 0.707. The number of carbonyl (C=O) groups excluding carboxylic acids is 1. The smallest absolute Gasteiger partial charge is 0.246 e. The minimum Gasteiger partial charge on any atom is -0.337 e. The number of aromatic nitrogens is 2. The zero-order valence-corrected chi connectivity index (χ0v) is 17.2. The van der Waals surface area contributed by atoms with Gasteiger partial charge in [0.05, 0.1) is 6.20 Å². The summed E-state index contributed by atoms with van der Waals surface area (Å²) in [4.78, 5) is 16.7. The zero-order valence-electron chi connectivity index (χ0n) is 15.7. The first kappa shape index (κ1) is 19.9. The maximum absolute atomic E-state index is 12.5. The van der Waals surface area contributed by atoms with Crippen LogP contribution in [0.2, 0.25) is 10.0 Å². The molecule has 0 aliphatic carbocycles. The second kappa shape index (κ2) is 8.91. The first-order valence-corrected chi connectivity index (χ1v) is 9.89. The lowest BCUT2D eigenvalue weighted by atomic mass is 10.2. The first-order chi connectivity index (χ1) is 13.0. The number of carbonyl (C=O) groups is 1. The lowest BCUT2D eigenvalue weighted by Gasteiger charge is -2.34. The van der Waals surface area contributed by atoms with Crippen molar-refractivity contribution < 1.29 is 4.79 Å². The van der Waals surface area contributed by atoms with Crippen molar-refractivity contribution in [2.45, 2.75) is 26.9 Å². The fourth-order valence-corrected chi connectivity index (χ4v) is 3.70. The van der Waals surface area contributed by atoms with Gasteiger partial charge in [0.1, 0.15) is 0 Å². The van der Waals surface area contributed by atoms with Crippen molar-refractivity contribution >= 4 is 35.2 Å². The van der Waals surface area contributed by atoms with E-state index < -0.39 is 0 Å². The van der Waals surface area contributed by atoms with Gasteiger partial charge in [-0.15, -0.1) is 0 Å². The Bertz CT molecular complexity index is 839. The summed E-state index contributed by atoms with van der Waals surface area (Å²) in [6, 6.07) is 5.59. The highest BCUT2D eigenvalue weighted by Gasteiger charge is 2.20. The Hall–Kier alpha value is -1.82. The summed E-state index contributed by atoms with van der Waals surface area (Å²) in [5, 5.41) is 5.63. The molecule has 27 heavy (non-hydrogen) atoms. The summed E-state index contributed by atoms with van der Waals surface area (Å²) in [6.45, 7) is 8.73. The van der Waals surface area contributed by atoms with Gasteiger partial charge in [-0.05, 0) is 37.6 Å². The molecular weight excluding hydrogens is 383 g/mol. The number of piperazine rings is 1. The molecule has 2 aromatic rings. The summed E-state index contributed by atoms with van der Waals surface area (Å²) in [5.74, 6) is 0.0443. The Balaban J connectivity index is 1.53. The van der Waals surface area contributed by atoms with Crippen LogP contribution in [-0.4, -0.2) is 51.7 Å². The minimum absolute atomic E-state index is 0.0443. The SMILES string of the molecule is CCn1ncc(/C=C/C(=O)N2CCN(Cc3ccc(Cl)cc3Cl)CC2)c1C. The van der Waals surface area contributed by atoms with Gasteiger partial charge in [-0.1, -0.05) is 29.3 Å². The molecule has 0 spiro atoms. The predicted octanol–water partition coefficient (Wildman–Crippen LogP) is 3.88. The second-order valence-electron chi connectivity index (χ2n) is 6.67. The van der Waals surface area contributed by atoms with Crippen molar-refractivity contribution in [2.75, 3.05) is 26.2 Å². The van der Waals surface area contributed by atoms with Crippen molar-refractivity contribution in [2.24, 2.45) is 0 Å². The van der Waals surface area contributed by atoms with Gasteiger partial charge in [0, 0.05) is 66.6 Å². The average molecular weight is 407 g/mol. The molecule has 0 N–H and O–H groups in total. The summed E-state index contributed by atoms with van der Waals surface area (Å²) < 4.78 is 1.92. The summed E-state index contributed by atoms with van der Waals surface area (Å²) in [6.07, 6.45) is 5.31. The van der Waals surface area contributed by atoms with E-state index in [4.69, 9.17) is 23.2 Å². The standard InChI is InChI=1S/C20H24Cl2N4O/c1-3-26-15(2)16(13-23-26)5-7-20(27)25-10-8-24(9-11-25)14-17-4-6-18(21)12-19(17)22/h4-7,12-13H,3,8-11,14H2,1-2H3/b7-5+. The normalized spacial score (nSPS) is 15.6. The van der Waals surface area contributed by atoms with E-state index in [1.165, 1.54) is 0 Å². The van der Waals surface area contributed by atoms with Crippen LogP contribution < -0.4 is 0 Å². The molecule has 3 rings (SSSR count). The number of nitrogens with zero attached hydrogens (tertiary/aromatic N) is 4. The van der Waals surface area contributed by atoms with Crippen molar-refractivity contribution in [1.29, 1.82) is 0 Å². The number of amides is 1. The summed E-state index contributed by atoms with van der Waals surface area (Å²) >= 11 is 12.2. The molecule has 0 atom stereocenters. The van der Waals surface area contributed by atoms with E-state index in [0.29, 0.717) is 23.1 Å². The molecule has 1 amide bonds. The second-order valence-corrected chi connectivity index (χ2v) is 7.52. The lowest BCUT2D eigenvalue weighted by molar-refractivity contribution is -0.127. The van der Waals surface area contributed by atoms with E-state index in [2.05, 4.69) is 16.9 Å². The van der Waals surface area contributed by atoms with Crippen LogP contribution in [0.5, 0.6) is 0 Å². The molecule has 1 fully saturated rings. The third kappa shape index (κ3) is 4.92. The Morgan fingerprint density at radius 1 is 1.22 bits per heavy atom. The predicted molar refractivity (Wildman–Crippen MR) is 110 cm³/mol. The lowest BCUT2D eigenvalue weighted by Crippen LogP contribution is -2.47. The third-order valence-electron chi connectivity index (χ3n) is 4.94. The molecule has 0 unspecified atom stereocenters. The van der Waals surface area contributed by atoms with Crippen molar-refractivity contribution in [3.8, 4) is 0 Å². The van der Waals surface area contributed by atoms with Crippen LogP contribution in [0, 0.1) is 6.92 Å². The summed E-state index contributed by atoms with van der Waals surface area (Å²) in [5.41, 5.74) is 3.12. The molecule has 1 aliphatic heterocycles. The molecule has 5 nitrogen and oxygen atoms in total. The van der Waals surface area contributed by atoms with Crippen molar-refractivity contribution in [3.05, 3.63) is 57.3 Å². The van der Waals surface area contributed by atoms with Gasteiger partial charge >= 0.3 is 0 Å². The van der Waals surface area contributed by atoms with E-state index >= 15 is 0 Å². The highest BCUT2D eigenvalue weighted by molar-refractivity contribution is 6.35. The van der Waals surface area contributed by atoms with E-state index in [0.717, 1.165) is 43.0 Å². The van der Waals surface area contributed by atoms with Crippen molar-refractivity contribution in [3.63, 3.8) is 0 Å². The van der Waals surface area contributed by atoms with E-state index in [-0.39, 0.29) is 5.91 Å². The fraction of sp³-hybridized carbons (Fsp3) is 0.400. The largest absolute Gasteiger partial charge is 0.337 e. The van der Waals surface area contributed by atoms with Crippen LogP contribution in [0.25, 0.3) is 6.08 Å². The van der Waals surface area contributed by atoms with Gasteiger partial charge in [-0.2, -0.15) is 5.10 Å². The van der Waals surface area contributed by atoms with Gasteiger partial charge in [-0.25, -0.2) is 0 Å². The maximum Gasteiger partial charge on any atom is 0.246 e. The Morgan fingerprint density at radius 2 is 1.96 bits per heavy atom. The third-order valence-corrected chi connectivity index (χ3v) is 5.53. The van der Waals surface area contributed by atoms with Crippen LogP contribution >= 0.6 is 23.2 Å². The van der Waals surface area contributed by atoms with Gasteiger partial charge < -0.3 is 4.90 Å². The highest BCUT2D eigenvalue weighted by atomic mass is 35.5. The Labute approximate surface area is 170 Å². The molecule has 1 aliphatic rings. The van der Waals surface area contributed by atoms with Crippen LogP contribution in [0.1, 0.15) is 23.7 Å². The van der Waals surface area contributed by atoms with E-state index in [9.17, 15) is 4.79 Å². The molecule has 2 heterocycles. The van der Waals surface area contributed by atoms with Crippen molar-refractivity contribution in [1.82, 2.24) is 19.6 Å². The summed E-state index contributed by atoms with van der Waals surface area (Å²) in [7, 11) is 0. The molecule has 144 valence electrons. The minimum atomic E-state index is 0.0443. The number of benzene rings is 1. The molecule has 0 saturated carbocycles. The van der Waals surface area contributed by atoms with Crippen LogP contribution in [0.15, 0.2) is 30.5 Å². The topological polar surface area (TPSA) is 41.4 Å². The number of rotatable bonds is 5. The molecule has 0 radical (unpaired) electrons. The molecule has 1 saturated heterocycles. The molecule has 1 aromatic heterocycles. The number of aryl methyl sites for hydroxylation is 1. The average Bonchev–Trinajstić information content (AvgIpc) is 3.02. The molecular formula is C20H24Cl2N4O. The number of hydrogen-bond acceptors (Lipinski definition) is 3. The van der Waals surface area contributed by atoms with Crippen LogP contribution in [0.4, 0.5) is 0 Å². The molecule has 1 aromatic carbocycles.